The van der Waals surface area contributed by atoms with Gasteiger partial charge >= 0.3 is 7.82 Å². The van der Waals surface area contributed by atoms with Crippen molar-refractivity contribution in [1.29, 1.82) is 0 Å². The number of rotatable bonds is 12. The summed E-state index contributed by atoms with van der Waals surface area (Å²) in [5.74, 6) is 0.177. The molecule has 1 unspecified atom stereocenters. The number of phosphoric ester groups is 1. The van der Waals surface area contributed by atoms with E-state index in [9.17, 15) is 14.3 Å². The van der Waals surface area contributed by atoms with Crippen molar-refractivity contribution in [2.45, 2.75) is 13.7 Å². The summed E-state index contributed by atoms with van der Waals surface area (Å²) >= 11 is 0. The molecule has 0 saturated heterocycles. The zero-order valence-corrected chi connectivity index (χ0v) is 23.5. The van der Waals surface area contributed by atoms with Crippen molar-refractivity contribution in [1.82, 2.24) is 24.4 Å². The first-order valence-corrected chi connectivity index (χ1v) is 13.9. The van der Waals surface area contributed by atoms with Crippen molar-refractivity contribution < 1.29 is 28.0 Å². The molecule has 40 heavy (non-hydrogen) atoms. The van der Waals surface area contributed by atoms with Gasteiger partial charge in [-0.2, -0.15) is 0 Å². The van der Waals surface area contributed by atoms with E-state index in [0.29, 0.717) is 23.8 Å². The zero-order valence-electron chi connectivity index (χ0n) is 22.6. The Morgan fingerprint density at radius 1 is 1.12 bits per heavy atom. The molecule has 2 N–H and O–H groups in total. The Hall–Kier alpha value is -3.93. The normalized spacial score (nSPS) is 13.2. The van der Waals surface area contributed by atoms with Crippen LogP contribution in [0.1, 0.15) is 6.92 Å². The number of ether oxygens (including phenoxy) is 1. The van der Waals surface area contributed by atoms with Crippen molar-refractivity contribution in [3.05, 3.63) is 67.4 Å². The average molecular weight is 567 g/mol. The van der Waals surface area contributed by atoms with Crippen LogP contribution in [-0.2, 0) is 25.1 Å². The lowest BCUT2D eigenvalue weighted by Gasteiger charge is -2.11. The molecule has 4 rings (SSSR count). The van der Waals surface area contributed by atoms with Gasteiger partial charge in [0.25, 0.3) is 0 Å². The Labute approximate surface area is 231 Å². The van der Waals surface area contributed by atoms with E-state index in [1.54, 1.807) is 54.6 Å². The maximum Gasteiger partial charge on any atom is 0.473 e. The summed E-state index contributed by atoms with van der Waals surface area (Å²) in [6.45, 7) is 2.02. The quantitative estimate of drug-likeness (QED) is 0.188. The minimum absolute atomic E-state index is 0.0315. The molecule has 0 bridgehead atoms. The van der Waals surface area contributed by atoms with Gasteiger partial charge in [-0.15, -0.1) is 0 Å². The van der Waals surface area contributed by atoms with E-state index in [2.05, 4.69) is 20.3 Å². The number of carbonyl (C=O) groups excluding carboxylic acids is 1. The van der Waals surface area contributed by atoms with Crippen LogP contribution in [0.5, 0.6) is 5.88 Å². The Morgan fingerprint density at radius 3 is 2.67 bits per heavy atom. The molecule has 4 aromatic rings. The second kappa shape index (κ2) is 12.9. The van der Waals surface area contributed by atoms with Gasteiger partial charge in [0.05, 0.1) is 25.6 Å². The van der Waals surface area contributed by atoms with Gasteiger partial charge in [-0.1, -0.05) is 6.08 Å². The Kier molecular flexibility index (Phi) is 9.41. The summed E-state index contributed by atoms with van der Waals surface area (Å²) < 4.78 is 29.0. The third kappa shape index (κ3) is 7.38. The second-order valence-corrected chi connectivity index (χ2v) is 10.4. The molecule has 4 aromatic heterocycles. The number of amides is 1. The van der Waals surface area contributed by atoms with E-state index in [1.807, 2.05) is 37.2 Å². The number of nitrogens with zero attached hydrogens (tertiary/aromatic N) is 5. The van der Waals surface area contributed by atoms with Gasteiger partial charge < -0.3 is 24.4 Å². The molecule has 0 aromatic carbocycles. The molecule has 12 nitrogen and oxygen atoms in total. The molecular formula is C27H31N6O6P. The first kappa shape index (κ1) is 29.1. The average Bonchev–Trinajstić information content (AvgIpc) is 3.30. The van der Waals surface area contributed by atoms with E-state index in [0.717, 1.165) is 27.6 Å². The van der Waals surface area contributed by atoms with Gasteiger partial charge in [0, 0.05) is 65.6 Å². The fraction of sp³-hybridized carbons (Fsp3) is 0.259. The number of likely N-dealkylation sites (N-methyl/N-ethyl adjacent to an activating group) is 1. The van der Waals surface area contributed by atoms with Crippen LogP contribution >= 0.6 is 7.82 Å². The second-order valence-electron chi connectivity index (χ2n) is 8.96. The van der Waals surface area contributed by atoms with E-state index < -0.39 is 7.82 Å². The minimum atomic E-state index is -4.23. The van der Waals surface area contributed by atoms with E-state index in [-0.39, 0.29) is 19.2 Å². The lowest BCUT2D eigenvalue weighted by molar-refractivity contribution is -0.111. The highest BCUT2D eigenvalue weighted by atomic mass is 31.2. The number of methoxy groups -OCH3 is 1. The summed E-state index contributed by atoms with van der Waals surface area (Å²) in [6.07, 6.45) is 11.6. The molecule has 0 aliphatic carbocycles. The lowest BCUT2D eigenvalue weighted by atomic mass is 10.0. The predicted molar refractivity (Wildman–Crippen MR) is 152 cm³/mol. The molecule has 0 spiro atoms. The minimum Gasteiger partial charge on any atom is -0.481 e. The highest BCUT2D eigenvalue weighted by molar-refractivity contribution is 7.47. The standard InChI is InChI=1S/C27H31N6O6P/c1-5-38-40(35,36)39-18-33-17-24(19-8-9-29-26(13-19)37-4)23-12-21(15-30-27(23)33)20-11-22(16-28-14-20)31-25(34)7-6-10-32(2)3/h6-9,11-17H,5,10,18H2,1-4H3,(H,31,34)(H,35,36)/b7-6+. The highest BCUT2D eigenvalue weighted by Gasteiger charge is 2.22. The number of nitrogens with one attached hydrogen (secondary N) is 1. The zero-order chi connectivity index (χ0) is 28.7. The molecule has 0 fully saturated rings. The van der Waals surface area contributed by atoms with Gasteiger partial charge in [0.1, 0.15) is 12.4 Å². The topological polar surface area (TPSA) is 141 Å². The van der Waals surface area contributed by atoms with E-state index in [1.165, 1.54) is 13.2 Å². The smallest absolute Gasteiger partial charge is 0.473 e. The third-order valence-corrected chi connectivity index (χ3v) is 6.73. The molecule has 0 aliphatic rings. The SMILES string of the molecule is CCOP(=O)(O)OCn1cc(-c2ccnc(OC)c2)c2cc(-c3cncc(NC(=O)/C=C/CN(C)C)c3)cnc21. The summed E-state index contributed by atoms with van der Waals surface area (Å²) in [6, 6.07) is 7.35. The molecule has 13 heteroatoms. The number of carbonyl (C=O) groups is 1. The number of fused-ring (bicyclic) bond motifs is 1. The molecule has 210 valence electrons. The molecule has 1 atom stereocenters. The monoisotopic (exact) mass is 566 g/mol. The third-order valence-electron chi connectivity index (χ3n) is 5.70. The molecule has 0 radical (unpaired) electrons. The maximum absolute atomic E-state index is 12.3. The van der Waals surface area contributed by atoms with Crippen LogP contribution in [0, 0.1) is 0 Å². The van der Waals surface area contributed by atoms with Gasteiger partial charge in [0.2, 0.25) is 11.8 Å². The fourth-order valence-corrected chi connectivity index (χ4v) is 4.57. The van der Waals surface area contributed by atoms with Crippen LogP contribution in [0.2, 0.25) is 0 Å². The number of aromatic nitrogens is 4. The molecule has 0 saturated carbocycles. The van der Waals surface area contributed by atoms with Crippen LogP contribution in [-0.4, -0.2) is 69.6 Å². The molecule has 1 amide bonds. The van der Waals surface area contributed by atoms with Crippen LogP contribution < -0.4 is 10.1 Å². The largest absolute Gasteiger partial charge is 0.481 e. The summed E-state index contributed by atoms with van der Waals surface area (Å²) in [5.41, 5.74) is 4.13. The van der Waals surface area contributed by atoms with Gasteiger partial charge in [-0.3, -0.25) is 18.8 Å². The summed E-state index contributed by atoms with van der Waals surface area (Å²) in [5, 5.41) is 3.58. The van der Waals surface area contributed by atoms with E-state index >= 15 is 0 Å². The summed E-state index contributed by atoms with van der Waals surface area (Å²) in [7, 11) is 1.15. The first-order chi connectivity index (χ1) is 19.2. The van der Waals surface area contributed by atoms with Crippen LogP contribution in [0.15, 0.2) is 67.4 Å². The lowest BCUT2D eigenvalue weighted by Crippen LogP contribution is -2.13. The Bertz CT molecular complexity index is 1570. The van der Waals surface area contributed by atoms with Gasteiger partial charge in [-0.25, -0.2) is 14.5 Å². The number of pyridine rings is 3. The van der Waals surface area contributed by atoms with Crippen LogP contribution in [0.3, 0.4) is 0 Å². The summed E-state index contributed by atoms with van der Waals surface area (Å²) in [4.78, 5) is 37.3. The number of hydrogen-bond donors (Lipinski definition) is 2. The van der Waals surface area contributed by atoms with Crippen molar-refractivity contribution in [2.24, 2.45) is 0 Å². The molecular weight excluding hydrogens is 535 g/mol. The molecule has 0 aliphatic heterocycles. The van der Waals surface area contributed by atoms with E-state index in [4.69, 9.17) is 13.8 Å². The van der Waals surface area contributed by atoms with Crippen molar-refractivity contribution in [3.63, 3.8) is 0 Å². The van der Waals surface area contributed by atoms with Crippen LogP contribution in [0.25, 0.3) is 33.3 Å². The predicted octanol–water partition coefficient (Wildman–Crippen LogP) is 4.34. The molecule has 4 heterocycles. The number of anilines is 1. The van der Waals surface area contributed by atoms with Crippen molar-refractivity contribution in [3.8, 4) is 28.1 Å². The Balaban J connectivity index is 1.70. The first-order valence-electron chi connectivity index (χ1n) is 12.4. The van der Waals surface area contributed by atoms with Crippen LogP contribution in [0.4, 0.5) is 5.69 Å². The van der Waals surface area contributed by atoms with Gasteiger partial charge in [0.15, 0.2) is 0 Å². The van der Waals surface area contributed by atoms with Crippen molar-refractivity contribution in [2.75, 3.05) is 39.7 Å². The fourth-order valence-electron chi connectivity index (χ4n) is 3.90. The number of hydrogen-bond acceptors (Lipinski definition) is 9. The highest BCUT2D eigenvalue weighted by Crippen LogP contribution is 2.44. The van der Waals surface area contributed by atoms with Gasteiger partial charge in [-0.05, 0) is 44.8 Å². The number of phosphoric acid groups is 1. The van der Waals surface area contributed by atoms with Crippen molar-refractivity contribution >= 4 is 30.5 Å². The Morgan fingerprint density at radius 2 is 1.93 bits per heavy atom. The maximum atomic E-state index is 12.3.